The third kappa shape index (κ3) is 3.07. The number of aromatic nitrogens is 1. The molecule has 0 saturated carbocycles. The number of hydrogen-bond acceptors (Lipinski definition) is 6. The third-order valence-electron chi connectivity index (χ3n) is 3.06. The predicted molar refractivity (Wildman–Crippen MR) is 67.4 cm³/mol. The first kappa shape index (κ1) is 13.9. The Hall–Kier alpha value is -1.56. The summed E-state index contributed by atoms with van der Waals surface area (Å²) in [6, 6.07) is -0.122. The molecule has 0 unspecified atom stereocenters. The zero-order valence-corrected chi connectivity index (χ0v) is 11.6. The molecule has 0 amide bonds. The average molecular weight is 268 g/mol. The predicted octanol–water partition coefficient (Wildman–Crippen LogP) is 1.94. The van der Waals surface area contributed by atoms with Gasteiger partial charge in [0, 0.05) is 12.5 Å². The lowest BCUT2D eigenvalue weighted by molar-refractivity contribution is -0.159. The average Bonchev–Trinajstić information content (AvgIpc) is 2.72. The first-order chi connectivity index (χ1) is 8.89. The molecule has 2 rings (SSSR count). The van der Waals surface area contributed by atoms with Crippen LogP contribution in [0, 0.1) is 5.41 Å². The molecule has 0 bridgehead atoms. The molecule has 1 aliphatic rings. The molecule has 19 heavy (non-hydrogen) atoms. The lowest BCUT2D eigenvalue weighted by Gasteiger charge is -2.18. The SMILES string of the molecule is CC(C)(C)C(=O)OCOc1noc2c1[C@H](N)CCC2. The number of rotatable bonds is 3. The maximum absolute atomic E-state index is 11.6. The highest BCUT2D eigenvalue weighted by Gasteiger charge is 2.28. The van der Waals surface area contributed by atoms with E-state index in [1.807, 2.05) is 0 Å². The summed E-state index contributed by atoms with van der Waals surface area (Å²) >= 11 is 0. The standard InChI is InChI=1S/C13H20N2O4/c1-13(2,3)12(16)18-7-17-11-10-8(14)5-4-6-9(10)19-15-11/h8H,4-7,14H2,1-3H3/t8-/m1/s1. The second-order valence-corrected chi connectivity index (χ2v) is 5.77. The van der Waals surface area contributed by atoms with Gasteiger partial charge in [0.25, 0.3) is 5.88 Å². The number of hydrogen-bond donors (Lipinski definition) is 1. The minimum Gasteiger partial charge on any atom is -0.437 e. The quantitative estimate of drug-likeness (QED) is 0.665. The number of esters is 1. The lowest BCUT2D eigenvalue weighted by Crippen LogP contribution is -2.25. The fourth-order valence-electron chi connectivity index (χ4n) is 1.95. The van der Waals surface area contributed by atoms with Gasteiger partial charge in [-0.15, -0.1) is 0 Å². The van der Waals surface area contributed by atoms with Gasteiger partial charge in [-0.2, -0.15) is 0 Å². The summed E-state index contributed by atoms with van der Waals surface area (Å²) in [6.07, 6.45) is 2.69. The molecule has 0 aromatic carbocycles. The summed E-state index contributed by atoms with van der Waals surface area (Å²) in [4.78, 5) is 11.6. The molecule has 1 heterocycles. The fourth-order valence-corrected chi connectivity index (χ4v) is 1.95. The lowest BCUT2D eigenvalue weighted by atomic mass is 9.94. The van der Waals surface area contributed by atoms with E-state index in [0.717, 1.165) is 30.6 Å². The Morgan fingerprint density at radius 3 is 2.95 bits per heavy atom. The van der Waals surface area contributed by atoms with E-state index in [2.05, 4.69) is 5.16 Å². The monoisotopic (exact) mass is 268 g/mol. The van der Waals surface area contributed by atoms with Crippen LogP contribution < -0.4 is 10.5 Å². The van der Waals surface area contributed by atoms with Crippen molar-refractivity contribution in [2.24, 2.45) is 11.1 Å². The smallest absolute Gasteiger partial charge is 0.314 e. The molecule has 0 fully saturated rings. The first-order valence-corrected chi connectivity index (χ1v) is 6.43. The van der Waals surface area contributed by atoms with Gasteiger partial charge in [0.1, 0.15) is 5.76 Å². The fraction of sp³-hybridized carbons (Fsp3) is 0.692. The van der Waals surface area contributed by atoms with Crippen molar-refractivity contribution < 1.29 is 18.8 Å². The van der Waals surface area contributed by atoms with Crippen LogP contribution in [0.4, 0.5) is 0 Å². The molecule has 0 aliphatic heterocycles. The van der Waals surface area contributed by atoms with Crippen molar-refractivity contribution in [1.29, 1.82) is 0 Å². The van der Waals surface area contributed by atoms with Crippen LogP contribution in [0.25, 0.3) is 0 Å². The summed E-state index contributed by atoms with van der Waals surface area (Å²) in [5.74, 6) is 0.786. The molecular formula is C13H20N2O4. The number of fused-ring (bicyclic) bond motifs is 1. The van der Waals surface area contributed by atoms with Gasteiger partial charge in [-0.3, -0.25) is 4.79 Å². The van der Waals surface area contributed by atoms with Gasteiger partial charge in [0.15, 0.2) is 0 Å². The van der Waals surface area contributed by atoms with E-state index in [0.29, 0.717) is 5.88 Å². The van der Waals surface area contributed by atoms with Gasteiger partial charge >= 0.3 is 5.97 Å². The molecule has 106 valence electrons. The van der Waals surface area contributed by atoms with E-state index in [9.17, 15) is 4.79 Å². The summed E-state index contributed by atoms with van der Waals surface area (Å²) in [5, 5.41) is 3.84. The van der Waals surface area contributed by atoms with Crippen LogP contribution in [-0.2, 0) is 16.0 Å². The summed E-state index contributed by atoms with van der Waals surface area (Å²) in [7, 11) is 0. The number of nitrogens with zero attached hydrogens (tertiary/aromatic N) is 1. The van der Waals surface area contributed by atoms with Crippen LogP contribution in [-0.4, -0.2) is 17.9 Å². The largest absolute Gasteiger partial charge is 0.437 e. The molecule has 0 saturated heterocycles. The molecular weight excluding hydrogens is 248 g/mol. The molecule has 0 spiro atoms. The highest BCUT2D eigenvalue weighted by molar-refractivity contribution is 5.75. The molecule has 1 atom stereocenters. The van der Waals surface area contributed by atoms with Crippen molar-refractivity contribution in [2.75, 3.05) is 6.79 Å². The highest BCUT2D eigenvalue weighted by atomic mass is 16.7. The van der Waals surface area contributed by atoms with Crippen molar-refractivity contribution in [3.63, 3.8) is 0 Å². The number of carbonyl (C=O) groups excluding carboxylic acids is 1. The van der Waals surface area contributed by atoms with E-state index >= 15 is 0 Å². The van der Waals surface area contributed by atoms with E-state index < -0.39 is 5.41 Å². The van der Waals surface area contributed by atoms with E-state index in [1.54, 1.807) is 20.8 Å². The molecule has 0 radical (unpaired) electrons. The van der Waals surface area contributed by atoms with Crippen molar-refractivity contribution in [3.8, 4) is 5.88 Å². The molecule has 6 nitrogen and oxygen atoms in total. The van der Waals surface area contributed by atoms with E-state index in [1.165, 1.54) is 0 Å². The summed E-state index contributed by atoms with van der Waals surface area (Å²) in [5.41, 5.74) is 6.26. The van der Waals surface area contributed by atoms with Gasteiger partial charge in [0.05, 0.1) is 11.0 Å². The Labute approximate surface area is 112 Å². The van der Waals surface area contributed by atoms with Crippen LogP contribution in [0.5, 0.6) is 5.88 Å². The van der Waals surface area contributed by atoms with Crippen molar-refractivity contribution >= 4 is 5.97 Å². The van der Waals surface area contributed by atoms with E-state index in [4.69, 9.17) is 19.7 Å². The summed E-state index contributed by atoms with van der Waals surface area (Å²) in [6.45, 7) is 5.16. The molecule has 6 heteroatoms. The van der Waals surface area contributed by atoms with Crippen molar-refractivity contribution in [1.82, 2.24) is 5.16 Å². The van der Waals surface area contributed by atoms with Gasteiger partial charge in [-0.1, -0.05) is 0 Å². The maximum atomic E-state index is 11.6. The number of carbonyl (C=O) groups is 1. The second kappa shape index (κ2) is 5.21. The Kier molecular flexibility index (Phi) is 3.80. The minimum atomic E-state index is -0.553. The zero-order valence-electron chi connectivity index (χ0n) is 11.6. The minimum absolute atomic E-state index is 0.122. The number of nitrogens with two attached hydrogens (primary N) is 1. The Balaban J connectivity index is 1.94. The maximum Gasteiger partial charge on any atom is 0.314 e. The third-order valence-corrected chi connectivity index (χ3v) is 3.06. The molecule has 1 aromatic rings. The highest BCUT2D eigenvalue weighted by Crippen LogP contribution is 2.34. The van der Waals surface area contributed by atoms with Crippen LogP contribution >= 0.6 is 0 Å². The topological polar surface area (TPSA) is 87.6 Å². The van der Waals surface area contributed by atoms with Crippen LogP contribution in [0.15, 0.2) is 4.52 Å². The Bertz CT molecular complexity index is 462. The van der Waals surface area contributed by atoms with Crippen molar-refractivity contribution in [2.45, 2.75) is 46.1 Å². The Morgan fingerprint density at radius 2 is 2.26 bits per heavy atom. The van der Waals surface area contributed by atoms with Crippen LogP contribution in [0.1, 0.15) is 51.0 Å². The van der Waals surface area contributed by atoms with E-state index in [-0.39, 0.29) is 18.8 Å². The molecule has 1 aliphatic carbocycles. The van der Waals surface area contributed by atoms with Crippen LogP contribution in [0.2, 0.25) is 0 Å². The van der Waals surface area contributed by atoms with Gasteiger partial charge in [0.2, 0.25) is 6.79 Å². The van der Waals surface area contributed by atoms with Gasteiger partial charge in [-0.25, -0.2) is 0 Å². The van der Waals surface area contributed by atoms with Crippen LogP contribution in [0.3, 0.4) is 0 Å². The normalized spacial score (nSPS) is 18.8. The molecule has 1 aromatic heterocycles. The first-order valence-electron chi connectivity index (χ1n) is 6.43. The number of ether oxygens (including phenoxy) is 2. The van der Waals surface area contributed by atoms with Crippen molar-refractivity contribution in [3.05, 3.63) is 11.3 Å². The number of aryl methyl sites for hydroxylation is 1. The van der Waals surface area contributed by atoms with Gasteiger partial charge in [-0.05, 0) is 38.8 Å². The van der Waals surface area contributed by atoms with Gasteiger partial charge < -0.3 is 19.7 Å². The Morgan fingerprint density at radius 1 is 1.53 bits per heavy atom. The molecule has 2 N–H and O–H groups in total. The second-order valence-electron chi connectivity index (χ2n) is 5.77. The summed E-state index contributed by atoms with van der Waals surface area (Å²) < 4.78 is 15.6. The zero-order chi connectivity index (χ0) is 14.0.